The Morgan fingerprint density at radius 1 is 0.143 bits per heavy atom. The van der Waals surface area contributed by atoms with Crippen LogP contribution in [0.1, 0.15) is 0 Å². The Balaban J connectivity index is 0.000000151. The number of nitrogens with zero attached hydrogens (tertiary/aromatic N) is 2. The van der Waals surface area contributed by atoms with Gasteiger partial charge in [-0.1, -0.05) is 352 Å². The number of furan rings is 2. The molecule has 20 aromatic rings. The highest BCUT2D eigenvalue weighted by atomic mass is 16.3. The van der Waals surface area contributed by atoms with Crippen molar-refractivity contribution in [1.82, 2.24) is 0 Å². The van der Waals surface area contributed by atoms with Gasteiger partial charge in [-0.25, -0.2) is 0 Å². The van der Waals surface area contributed by atoms with Crippen molar-refractivity contribution in [1.29, 1.82) is 0 Å². The fourth-order valence-electron chi connectivity index (χ4n) is 16.1. The Bertz CT molecular complexity index is 6430. The van der Waals surface area contributed by atoms with Gasteiger partial charge in [-0.05, 0) is 197 Å². The zero-order valence-electron chi connectivity index (χ0n) is 61.4. The average molecular weight is 1430 g/mol. The van der Waals surface area contributed by atoms with Crippen molar-refractivity contribution in [3.8, 4) is 111 Å². The summed E-state index contributed by atoms with van der Waals surface area (Å²) in [7, 11) is 0. The van der Waals surface area contributed by atoms with Crippen LogP contribution in [-0.2, 0) is 0 Å². The summed E-state index contributed by atoms with van der Waals surface area (Å²) in [6.07, 6.45) is 0. The Morgan fingerprint density at radius 3 is 0.759 bits per heavy atom. The molecule has 0 saturated carbocycles. The van der Waals surface area contributed by atoms with Crippen molar-refractivity contribution in [2.45, 2.75) is 0 Å². The van der Waals surface area contributed by atoms with Crippen LogP contribution in [0.25, 0.3) is 155 Å². The fourth-order valence-corrected chi connectivity index (χ4v) is 16.1. The highest BCUT2D eigenvalue weighted by Crippen LogP contribution is 2.52. The molecule has 0 saturated heterocycles. The van der Waals surface area contributed by atoms with Gasteiger partial charge >= 0.3 is 0 Å². The van der Waals surface area contributed by atoms with E-state index in [1.165, 1.54) is 11.1 Å². The minimum Gasteiger partial charge on any atom is -0.456 e. The third kappa shape index (κ3) is 13.4. The van der Waals surface area contributed by atoms with E-state index in [2.05, 4.69) is 434 Å². The van der Waals surface area contributed by atoms with Crippen LogP contribution in [0.15, 0.2) is 458 Å². The third-order valence-electron chi connectivity index (χ3n) is 21.3. The van der Waals surface area contributed by atoms with E-state index in [0.29, 0.717) is 0 Å². The molecule has 20 rings (SSSR count). The number of hydrogen-bond acceptors (Lipinski definition) is 4. The van der Waals surface area contributed by atoms with Crippen molar-refractivity contribution in [2.75, 3.05) is 9.80 Å². The molecule has 0 bridgehead atoms. The zero-order chi connectivity index (χ0) is 74.5. The van der Waals surface area contributed by atoms with Gasteiger partial charge < -0.3 is 18.6 Å². The largest absolute Gasteiger partial charge is 0.456 e. The zero-order valence-corrected chi connectivity index (χ0v) is 61.4. The lowest BCUT2D eigenvalue weighted by Gasteiger charge is -2.31. The Labute approximate surface area is 652 Å². The fraction of sp³-hybridized carbons (Fsp3) is 0. The first-order valence-electron chi connectivity index (χ1n) is 38.2. The normalized spacial score (nSPS) is 11.2. The molecule has 0 N–H and O–H groups in total. The van der Waals surface area contributed by atoms with Crippen LogP contribution < -0.4 is 9.80 Å². The molecule has 0 aliphatic carbocycles. The van der Waals surface area contributed by atoms with Gasteiger partial charge in [0.2, 0.25) is 0 Å². The van der Waals surface area contributed by atoms with E-state index in [9.17, 15) is 0 Å². The van der Waals surface area contributed by atoms with Crippen LogP contribution in [0.4, 0.5) is 34.1 Å². The number of fused-ring (bicyclic) bond motifs is 6. The Morgan fingerprint density at radius 2 is 0.411 bits per heavy atom. The number of hydrogen-bond donors (Lipinski definition) is 0. The minimum atomic E-state index is 0.876. The minimum absolute atomic E-state index is 0.876. The maximum absolute atomic E-state index is 6.49. The second kappa shape index (κ2) is 30.4. The molecule has 0 fully saturated rings. The first-order chi connectivity index (χ1) is 55.6. The van der Waals surface area contributed by atoms with Crippen molar-refractivity contribution in [2.24, 2.45) is 0 Å². The van der Waals surface area contributed by atoms with Crippen LogP contribution in [-0.4, -0.2) is 0 Å². The number of para-hydroxylation sites is 4. The lowest BCUT2D eigenvalue weighted by molar-refractivity contribution is 0.668. The molecule has 0 spiro atoms. The van der Waals surface area contributed by atoms with Crippen LogP contribution in [0.3, 0.4) is 0 Å². The molecule has 0 amide bonds. The molecule has 528 valence electrons. The second-order valence-electron chi connectivity index (χ2n) is 28.2. The second-order valence-corrected chi connectivity index (χ2v) is 28.2. The molecule has 0 aliphatic rings. The molecular weight excluding hydrogens is 1360 g/mol. The quantitative estimate of drug-likeness (QED) is 0.0965. The molecule has 0 unspecified atom stereocenters. The smallest absolute Gasteiger partial charge is 0.136 e. The predicted octanol–water partition coefficient (Wildman–Crippen LogP) is 30.8. The summed E-state index contributed by atoms with van der Waals surface area (Å²) in [4.78, 5) is 4.86. The average Bonchev–Trinajstić information content (AvgIpc) is 1.04. The lowest BCUT2D eigenvalue weighted by Crippen LogP contribution is -2.13. The molecule has 0 atom stereocenters. The van der Waals surface area contributed by atoms with Crippen LogP contribution in [0.5, 0.6) is 0 Å². The van der Waals surface area contributed by atoms with Gasteiger partial charge in [-0.15, -0.1) is 0 Å². The van der Waals surface area contributed by atoms with Crippen molar-refractivity contribution in [3.63, 3.8) is 0 Å². The van der Waals surface area contributed by atoms with Gasteiger partial charge in [0, 0.05) is 55.4 Å². The van der Waals surface area contributed by atoms with Crippen molar-refractivity contribution < 1.29 is 8.83 Å². The Hall–Kier alpha value is -14.8. The van der Waals surface area contributed by atoms with E-state index in [1.807, 2.05) is 24.3 Å². The van der Waals surface area contributed by atoms with E-state index in [4.69, 9.17) is 8.83 Å². The highest BCUT2D eigenvalue weighted by molar-refractivity contribution is 6.10. The van der Waals surface area contributed by atoms with Gasteiger partial charge in [0.05, 0.1) is 11.4 Å². The van der Waals surface area contributed by atoms with Gasteiger partial charge in [0.15, 0.2) is 0 Å². The van der Waals surface area contributed by atoms with Crippen LogP contribution in [0, 0.1) is 0 Å². The monoisotopic (exact) mass is 1430 g/mol. The molecular formula is C108H74N2O2. The SMILES string of the molecule is c1ccc(-c2cccc(N(c3cccc(-c4ccccc4)c3)c3cc(-c4ccccc4)c(-c4ccc5c(c4)oc4ccccc45)c(-c4ccccc4)c3)c2)cc1.c1ccc(-c2ccccc2N(c2cc(-c3ccccc3)c(-c3ccc4c(c3)oc3ccccc34)c(-c3ccccc3)c2)c2ccccc2-c2ccccc2)cc1. The predicted molar refractivity (Wildman–Crippen MR) is 471 cm³/mol. The van der Waals surface area contributed by atoms with Crippen molar-refractivity contribution in [3.05, 3.63) is 449 Å². The van der Waals surface area contributed by atoms with Gasteiger partial charge in [0.1, 0.15) is 22.3 Å². The first kappa shape index (κ1) is 67.7. The molecule has 0 radical (unpaired) electrons. The summed E-state index contributed by atoms with van der Waals surface area (Å²) in [6.45, 7) is 0. The summed E-state index contributed by atoms with van der Waals surface area (Å²) in [6, 6.07) is 160. The van der Waals surface area contributed by atoms with Crippen LogP contribution >= 0.6 is 0 Å². The van der Waals surface area contributed by atoms with E-state index < -0.39 is 0 Å². The first-order valence-corrected chi connectivity index (χ1v) is 38.2. The molecule has 112 heavy (non-hydrogen) atoms. The number of rotatable bonds is 16. The van der Waals surface area contributed by atoms with Gasteiger partial charge in [0.25, 0.3) is 0 Å². The van der Waals surface area contributed by atoms with E-state index in [1.54, 1.807) is 0 Å². The highest BCUT2D eigenvalue weighted by Gasteiger charge is 2.27. The van der Waals surface area contributed by atoms with E-state index in [0.717, 1.165) is 178 Å². The van der Waals surface area contributed by atoms with Gasteiger partial charge in [-0.3, -0.25) is 0 Å². The summed E-state index contributed by atoms with van der Waals surface area (Å²) in [5, 5.41) is 4.49. The molecule has 4 heteroatoms. The molecule has 4 nitrogen and oxygen atoms in total. The van der Waals surface area contributed by atoms with Crippen LogP contribution in [0.2, 0.25) is 0 Å². The summed E-state index contributed by atoms with van der Waals surface area (Å²) < 4.78 is 13.0. The molecule has 18 aromatic carbocycles. The van der Waals surface area contributed by atoms with Gasteiger partial charge in [-0.2, -0.15) is 0 Å². The molecule has 2 heterocycles. The lowest BCUT2D eigenvalue weighted by atomic mass is 9.86. The summed E-state index contributed by atoms with van der Waals surface area (Å²) in [5.74, 6) is 0. The maximum Gasteiger partial charge on any atom is 0.136 e. The molecule has 2 aromatic heterocycles. The van der Waals surface area contributed by atoms with E-state index in [-0.39, 0.29) is 0 Å². The number of anilines is 6. The van der Waals surface area contributed by atoms with E-state index >= 15 is 0 Å². The number of benzene rings is 18. The molecule has 0 aliphatic heterocycles. The standard InChI is InChI=1S/2C54H37NO/c1-5-19-38(20-6-1)44-27-13-16-30-50(44)55(51-31-17-14-28-45(51)39-21-7-2-8-22-39)43-36-48(40-23-9-3-10-24-40)54(49(37-43)41-25-11-4-12-26-41)42-33-34-47-46-29-15-18-32-52(46)56-53(47)35-42;1-5-17-38(18-6-1)42-25-15-27-45(33-42)55(46-28-16-26-43(34-46)39-19-7-2-8-20-39)47-36-50(40-21-9-3-10-22-40)54(51(37-47)41-23-11-4-12-24-41)44-31-32-49-48-29-13-14-30-52(48)56-53(49)35-44/h2*1-37H. The summed E-state index contributed by atoms with van der Waals surface area (Å²) >= 11 is 0. The summed E-state index contributed by atoms with van der Waals surface area (Å²) in [5.41, 5.74) is 32.9. The third-order valence-corrected chi connectivity index (χ3v) is 21.3. The topological polar surface area (TPSA) is 32.8 Å². The maximum atomic E-state index is 6.49. The van der Waals surface area contributed by atoms with Crippen molar-refractivity contribution >= 4 is 78.0 Å². The Kier molecular flexibility index (Phi) is 18.4.